The molecule has 2 saturated heterocycles. The van der Waals surface area contributed by atoms with Gasteiger partial charge in [0.25, 0.3) is 5.91 Å². The van der Waals surface area contributed by atoms with Crippen molar-refractivity contribution in [3.05, 3.63) is 63.5 Å². The number of nitrogens with zero attached hydrogens (tertiary/aromatic N) is 2. The maximum atomic E-state index is 13.1. The first kappa shape index (κ1) is 18.8. The highest BCUT2D eigenvalue weighted by atomic mass is 16.5. The Balaban J connectivity index is 1.55. The van der Waals surface area contributed by atoms with Crippen molar-refractivity contribution in [2.75, 3.05) is 32.8 Å². The Hall–Kier alpha value is -2.51. The first-order valence-electron chi connectivity index (χ1n) is 9.79. The van der Waals surface area contributed by atoms with Crippen LogP contribution >= 0.6 is 0 Å². The number of hydrogen-bond acceptors (Lipinski definition) is 6. The van der Waals surface area contributed by atoms with Gasteiger partial charge in [-0.05, 0) is 50.6 Å². The maximum Gasteiger partial charge on any atom is 0.349 e. The summed E-state index contributed by atoms with van der Waals surface area (Å²) in [5.74, 6) is 0.631. The largest absolute Gasteiger partial charge is 0.427 e. The minimum absolute atomic E-state index is 0.129. The maximum absolute atomic E-state index is 13.1. The van der Waals surface area contributed by atoms with E-state index in [-0.39, 0.29) is 23.5 Å². The first-order valence-corrected chi connectivity index (χ1v) is 9.79. The molecule has 1 atom stereocenters. The average Bonchev–Trinajstić information content (AvgIpc) is 2.74. The topological polar surface area (TPSA) is 84.7 Å². The number of piperidine rings is 1. The molecule has 7 heteroatoms. The van der Waals surface area contributed by atoms with Crippen molar-refractivity contribution >= 4 is 5.91 Å². The van der Waals surface area contributed by atoms with E-state index in [0.717, 1.165) is 31.5 Å². The van der Waals surface area contributed by atoms with Crippen LogP contribution in [0.4, 0.5) is 0 Å². The Morgan fingerprint density at radius 3 is 2.86 bits per heavy atom. The van der Waals surface area contributed by atoms with Crippen LogP contribution in [0.2, 0.25) is 0 Å². The molecule has 0 spiro atoms. The third-order valence-electron chi connectivity index (χ3n) is 5.53. The molecular formula is C21H25N3O4. The van der Waals surface area contributed by atoms with Gasteiger partial charge in [-0.2, -0.15) is 0 Å². The SMILES string of the molecule is Cc1cc(C2CCNCC2)oc(=O)c1C(=O)N1CCOC(c2cccnc2)C1. The van der Waals surface area contributed by atoms with Gasteiger partial charge in [-0.15, -0.1) is 0 Å². The van der Waals surface area contributed by atoms with Crippen LogP contribution < -0.4 is 10.9 Å². The van der Waals surface area contributed by atoms with Crippen LogP contribution in [-0.2, 0) is 4.74 Å². The van der Waals surface area contributed by atoms with Crippen molar-refractivity contribution in [1.29, 1.82) is 0 Å². The number of morpholine rings is 1. The molecule has 2 aliphatic rings. The summed E-state index contributed by atoms with van der Waals surface area (Å²) >= 11 is 0. The van der Waals surface area contributed by atoms with E-state index in [4.69, 9.17) is 9.15 Å². The first-order chi connectivity index (χ1) is 13.6. The second-order valence-corrected chi connectivity index (χ2v) is 7.42. The van der Waals surface area contributed by atoms with Crippen molar-refractivity contribution in [3.8, 4) is 0 Å². The van der Waals surface area contributed by atoms with Gasteiger partial charge in [0.05, 0.1) is 13.2 Å². The van der Waals surface area contributed by atoms with Gasteiger partial charge in [-0.1, -0.05) is 6.07 Å². The average molecular weight is 383 g/mol. The van der Waals surface area contributed by atoms with Crippen LogP contribution in [-0.4, -0.2) is 48.6 Å². The minimum atomic E-state index is -0.539. The predicted molar refractivity (Wildman–Crippen MR) is 103 cm³/mol. The van der Waals surface area contributed by atoms with E-state index in [2.05, 4.69) is 10.3 Å². The molecule has 1 N–H and O–H groups in total. The molecule has 148 valence electrons. The van der Waals surface area contributed by atoms with Crippen LogP contribution in [0.15, 0.2) is 39.8 Å². The number of carbonyl (C=O) groups is 1. The lowest BCUT2D eigenvalue weighted by atomic mass is 9.94. The monoisotopic (exact) mass is 383 g/mol. The number of amides is 1. The fraction of sp³-hybridized carbons (Fsp3) is 0.476. The second-order valence-electron chi connectivity index (χ2n) is 7.42. The van der Waals surface area contributed by atoms with E-state index >= 15 is 0 Å². The summed E-state index contributed by atoms with van der Waals surface area (Å²) in [7, 11) is 0. The number of hydrogen-bond donors (Lipinski definition) is 1. The van der Waals surface area contributed by atoms with Crippen molar-refractivity contribution < 1.29 is 13.9 Å². The van der Waals surface area contributed by atoms with Crippen LogP contribution in [0.25, 0.3) is 0 Å². The van der Waals surface area contributed by atoms with Crippen LogP contribution in [0.1, 0.15) is 52.1 Å². The Morgan fingerprint density at radius 2 is 2.14 bits per heavy atom. The lowest BCUT2D eigenvalue weighted by Gasteiger charge is -2.33. The molecule has 2 aromatic rings. The van der Waals surface area contributed by atoms with E-state index in [1.54, 1.807) is 17.3 Å². The summed E-state index contributed by atoms with van der Waals surface area (Å²) in [6.45, 7) is 4.90. The smallest absolute Gasteiger partial charge is 0.349 e. The Bertz CT molecular complexity index is 890. The number of nitrogens with one attached hydrogen (secondary N) is 1. The molecule has 4 rings (SSSR count). The number of carbonyl (C=O) groups excluding carboxylic acids is 1. The zero-order valence-corrected chi connectivity index (χ0v) is 16.0. The number of rotatable bonds is 3. The highest BCUT2D eigenvalue weighted by Crippen LogP contribution is 2.27. The van der Waals surface area contributed by atoms with Gasteiger partial charge in [0, 0.05) is 30.4 Å². The van der Waals surface area contributed by atoms with Crippen molar-refractivity contribution in [1.82, 2.24) is 15.2 Å². The number of aromatic nitrogens is 1. The fourth-order valence-electron chi connectivity index (χ4n) is 3.96. The molecule has 0 bridgehead atoms. The lowest BCUT2D eigenvalue weighted by Crippen LogP contribution is -2.44. The Morgan fingerprint density at radius 1 is 1.32 bits per heavy atom. The number of ether oxygens (including phenoxy) is 1. The molecule has 2 aromatic heterocycles. The van der Waals surface area contributed by atoms with Gasteiger partial charge in [-0.3, -0.25) is 9.78 Å². The molecule has 7 nitrogen and oxygen atoms in total. The summed E-state index contributed by atoms with van der Waals surface area (Å²) in [6.07, 6.45) is 5.07. The van der Waals surface area contributed by atoms with Crippen LogP contribution in [0.3, 0.4) is 0 Å². The second kappa shape index (κ2) is 8.24. The van der Waals surface area contributed by atoms with Crippen molar-refractivity contribution in [2.24, 2.45) is 0 Å². The zero-order valence-electron chi connectivity index (χ0n) is 16.0. The highest BCUT2D eigenvalue weighted by molar-refractivity contribution is 5.95. The molecule has 0 aliphatic carbocycles. The van der Waals surface area contributed by atoms with Crippen LogP contribution in [0, 0.1) is 6.92 Å². The normalized spacial score (nSPS) is 20.9. The molecule has 0 aromatic carbocycles. The Labute approximate surface area is 163 Å². The molecule has 28 heavy (non-hydrogen) atoms. The van der Waals surface area contributed by atoms with Gasteiger partial charge >= 0.3 is 5.63 Å². The number of aryl methyl sites for hydroxylation is 1. The molecule has 0 saturated carbocycles. The molecule has 0 radical (unpaired) electrons. The molecule has 1 unspecified atom stereocenters. The highest BCUT2D eigenvalue weighted by Gasteiger charge is 2.30. The van der Waals surface area contributed by atoms with E-state index in [1.165, 1.54) is 0 Å². The summed E-state index contributed by atoms with van der Waals surface area (Å²) in [5.41, 5.74) is 1.19. The fourth-order valence-corrected chi connectivity index (χ4v) is 3.96. The predicted octanol–water partition coefficient (Wildman–Crippen LogP) is 2.02. The third-order valence-corrected chi connectivity index (χ3v) is 5.53. The summed E-state index contributed by atoms with van der Waals surface area (Å²) in [4.78, 5) is 31.5. The quantitative estimate of drug-likeness (QED) is 0.873. The van der Waals surface area contributed by atoms with E-state index in [9.17, 15) is 9.59 Å². The molecule has 2 fully saturated rings. The molecule has 1 amide bonds. The van der Waals surface area contributed by atoms with Gasteiger partial charge in [0.15, 0.2) is 0 Å². The third kappa shape index (κ3) is 3.86. The minimum Gasteiger partial charge on any atom is -0.427 e. The molecule has 4 heterocycles. The molecule has 2 aliphatic heterocycles. The van der Waals surface area contributed by atoms with Gasteiger partial charge in [0.2, 0.25) is 0 Å². The van der Waals surface area contributed by atoms with Gasteiger partial charge in [0.1, 0.15) is 17.4 Å². The van der Waals surface area contributed by atoms with E-state index < -0.39 is 5.63 Å². The summed E-state index contributed by atoms with van der Waals surface area (Å²) in [6, 6.07) is 5.64. The zero-order chi connectivity index (χ0) is 19.5. The van der Waals surface area contributed by atoms with Crippen LogP contribution in [0.5, 0.6) is 0 Å². The Kier molecular flexibility index (Phi) is 5.54. The molecular weight excluding hydrogens is 358 g/mol. The van der Waals surface area contributed by atoms with Gasteiger partial charge < -0.3 is 19.4 Å². The number of pyridine rings is 1. The lowest BCUT2D eigenvalue weighted by molar-refractivity contribution is -0.0231. The van der Waals surface area contributed by atoms with Crippen molar-refractivity contribution in [3.63, 3.8) is 0 Å². The van der Waals surface area contributed by atoms with E-state index in [1.807, 2.05) is 25.1 Å². The van der Waals surface area contributed by atoms with Gasteiger partial charge in [-0.25, -0.2) is 4.79 Å². The van der Waals surface area contributed by atoms with E-state index in [0.29, 0.717) is 31.0 Å². The summed E-state index contributed by atoms with van der Waals surface area (Å²) < 4.78 is 11.4. The van der Waals surface area contributed by atoms with Crippen molar-refractivity contribution in [2.45, 2.75) is 31.8 Å². The summed E-state index contributed by atoms with van der Waals surface area (Å²) in [5, 5.41) is 3.31. The standard InChI is InChI=1S/C21H25N3O4/c1-14-11-17(15-4-7-22-8-5-15)28-21(26)19(14)20(25)24-9-10-27-18(13-24)16-3-2-6-23-12-16/h2-3,6,11-12,15,18,22H,4-5,7-10,13H2,1H3.